The Hall–Kier alpha value is -0.730. The first-order valence-electron chi connectivity index (χ1n) is 5.86. The summed E-state index contributed by atoms with van der Waals surface area (Å²) in [4.78, 5) is 4.14. The SMILES string of the molecule is CNC(COCC(F)(F)C(F)F)Cc1ccc(Br)cn1. The summed E-state index contributed by atoms with van der Waals surface area (Å²) in [5.74, 6) is -4.12. The van der Waals surface area contributed by atoms with E-state index in [4.69, 9.17) is 0 Å². The zero-order valence-corrected chi connectivity index (χ0v) is 12.3. The van der Waals surface area contributed by atoms with Gasteiger partial charge in [-0.2, -0.15) is 8.78 Å². The third-order valence-corrected chi connectivity index (χ3v) is 3.05. The number of likely N-dealkylation sites (N-methyl/N-ethyl adjacent to an activating group) is 1. The van der Waals surface area contributed by atoms with Crippen molar-refractivity contribution < 1.29 is 22.3 Å². The molecule has 1 aromatic rings. The summed E-state index contributed by atoms with van der Waals surface area (Å²) in [6, 6.07) is 3.31. The third-order valence-electron chi connectivity index (χ3n) is 2.59. The molecule has 0 saturated heterocycles. The quantitative estimate of drug-likeness (QED) is 0.725. The summed E-state index contributed by atoms with van der Waals surface area (Å²) in [6.45, 7) is -1.40. The van der Waals surface area contributed by atoms with E-state index in [1.54, 1.807) is 25.4 Å². The third kappa shape index (κ3) is 5.72. The van der Waals surface area contributed by atoms with E-state index in [1.807, 2.05) is 0 Å². The lowest BCUT2D eigenvalue weighted by Crippen LogP contribution is -2.37. The van der Waals surface area contributed by atoms with Crippen molar-refractivity contribution in [3.05, 3.63) is 28.5 Å². The minimum atomic E-state index is -4.12. The smallest absolute Gasteiger partial charge is 0.330 e. The van der Waals surface area contributed by atoms with Crippen LogP contribution in [0.2, 0.25) is 0 Å². The van der Waals surface area contributed by atoms with Gasteiger partial charge in [0.2, 0.25) is 0 Å². The zero-order chi connectivity index (χ0) is 15.2. The number of rotatable bonds is 8. The van der Waals surface area contributed by atoms with Gasteiger partial charge in [-0.15, -0.1) is 0 Å². The molecule has 1 heterocycles. The van der Waals surface area contributed by atoms with Gasteiger partial charge < -0.3 is 10.1 Å². The van der Waals surface area contributed by atoms with Crippen LogP contribution in [0.1, 0.15) is 5.69 Å². The highest BCUT2D eigenvalue weighted by atomic mass is 79.9. The first-order valence-corrected chi connectivity index (χ1v) is 6.66. The highest BCUT2D eigenvalue weighted by Gasteiger charge is 2.41. The van der Waals surface area contributed by atoms with Gasteiger partial charge in [-0.25, -0.2) is 8.78 Å². The second kappa shape index (κ2) is 7.90. The highest BCUT2D eigenvalue weighted by Crippen LogP contribution is 2.22. The first kappa shape index (κ1) is 17.3. The maximum Gasteiger partial charge on any atom is 0.330 e. The predicted octanol–water partition coefficient (Wildman–Crippen LogP) is 2.89. The lowest BCUT2D eigenvalue weighted by Gasteiger charge is -2.19. The zero-order valence-electron chi connectivity index (χ0n) is 10.8. The molecule has 1 rings (SSSR count). The van der Waals surface area contributed by atoms with Crippen LogP contribution in [0.4, 0.5) is 17.6 Å². The van der Waals surface area contributed by atoms with Gasteiger partial charge in [-0.05, 0) is 35.1 Å². The molecule has 0 aliphatic rings. The number of alkyl halides is 4. The molecule has 0 aliphatic carbocycles. The fraction of sp³-hybridized carbons (Fsp3) is 0.583. The fourth-order valence-corrected chi connectivity index (χ4v) is 1.66. The fourth-order valence-electron chi connectivity index (χ4n) is 1.42. The van der Waals surface area contributed by atoms with Gasteiger partial charge in [-0.1, -0.05) is 0 Å². The van der Waals surface area contributed by atoms with Crippen LogP contribution in [0, 0.1) is 0 Å². The molecule has 0 aromatic carbocycles. The van der Waals surface area contributed by atoms with E-state index < -0.39 is 19.0 Å². The normalized spacial score (nSPS) is 13.8. The minimum Gasteiger partial charge on any atom is -0.373 e. The molecule has 0 bridgehead atoms. The Labute approximate surface area is 122 Å². The Kier molecular flexibility index (Phi) is 6.84. The topological polar surface area (TPSA) is 34.1 Å². The van der Waals surface area contributed by atoms with Gasteiger partial charge in [-0.3, -0.25) is 4.98 Å². The summed E-state index contributed by atoms with van der Waals surface area (Å²) in [6.07, 6.45) is -1.65. The molecule has 1 aromatic heterocycles. The van der Waals surface area contributed by atoms with Crippen LogP contribution >= 0.6 is 15.9 Å². The molecular formula is C12H15BrF4N2O. The molecule has 3 nitrogen and oxygen atoms in total. The molecule has 0 spiro atoms. The Bertz CT molecular complexity index is 403. The molecule has 8 heteroatoms. The Balaban J connectivity index is 2.42. The van der Waals surface area contributed by atoms with Crippen molar-refractivity contribution in [1.82, 2.24) is 10.3 Å². The van der Waals surface area contributed by atoms with Crippen LogP contribution in [0.25, 0.3) is 0 Å². The summed E-state index contributed by atoms with van der Waals surface area (Å²) in [5, 5.41) is 2.87. The standard InChI is InChI=1S/C12H15BrF4N2O/c1-18-10(4-9-3-2-8(13)5-19-9)6-20-7-12(16,17)11(14)15/h2-3,5,10-11,18H,4,6-7H2,1H3. The van der Waals surface area contributed by atoms with Gasteiger partial charge in [0, 0.05) is 28.8 Å². The number of pyridine rings is 1. The minimum absolute atomic E-state index is 0.101. The van der Waals surface area contributed by atoms with Crippen LogP contribution in [-0.2, 0) is 11.2 Å². The monoisotopic (exact) mass is 358 g/mol. The molecule has 0 fully saturated rings. The number of ether oxygens (including phenoxy) is 1. The van der Waals surface area contributed by atoms with Crippen molar-refractivity contribution in [3.63, 3.8) is 0 Å². The highest BCUT2D eigenvalue weighted by molar-refractivity contribution is 9.10. The van der Waals surface area contributed by atoms with Crippen molar-refractivity contribution >= 4 is 15.9 Å². The van der Waals surface area contributed by atoms with Crippen molar-refractivity contribution in [3.8, 4) is 0 Å². The molecule has 0 aliphatic heterocycles. The average molecular weight is 359 g/mol. The van der Waals surface area contributed by atoms with Gasteiger partial charge >= 0.3 is 12.3 Å². The van der Waals surface area contributed by atoms with E-state index in [-0.39, 0.29) is 12.6 Å². The summed E-state index contributed by atoms with van der Waals surface area (Å²) in [5.41, 5.74) is 0.747. The maximum atomic E-state index is 12.7. The first-order chi connectivity index (χ1) is 9.35. The van der Waals surface area contributed by atoms with Crippen molar-refractivity contribution in [2.45, 2.75) is 24.8 Å². The molecular weight excluding hydrogens is 344 g/mol. The Morgan fingerprint density at radius 2 is 2.10 bits per heavy atom. The van der Waals surface area contributed by atoms with Crippen LogP contribution < -0.4 is 5.32 Å². The number of hydrogen-bond donors (Lipinski definition) is 1. The van der Waals surface area contributed by atoms with Gasteiger partial charge in [0.05, 0.1) is 6.61 Å². The van der Waals surface area contributed by atoms with Crippen molar-refractivity contribution in [2.24, 2.45) is 0 Å². The van der Waals surface area contributed by atoms with Crippen LogP contribution in [0.5, 0.6) is 0 Å². The van der Waals surface area contributed by atoms with E-state index in [0.29, 0.717) is 6.42 Å². The number of halogens is 5. The molecule has 20 heavy (non-hydrogen) atoms. The molecule has 114 valence electrons. The molecule has 1 unspecified atom stereocenters. The molecule has 0 saturated carbocycles. The second-order valence-electron chi connectivity index (χ2n) is 4.23. The predicted molar refractivity (Wildman–Crippen MR) is 70.3 cm³/mol. The lowest BCUT2D eigenvalue weighted by atomic mass is 10.1. The maximum absolute atomic E-state index is 12.7. The average Bonchev–Trinajstić information content (AvgIpc) is 2.39. The van der Waals surface area contributed by atoms with E-state index in [1.165, 1.54) is 0 Å². The second-order valence-corrected chi connectivity index (χ2v) is 5.15. The number of aromatic nitrogens is 1. The van der Waals surface area contributed by atoms with Crippen LogP contribution in [-0.4, -0.2) is 43.6 Å². The van der Waals surface area contributed by atoms with E-state index in [2.05, 4.69) is 31.0 Å². The van der Waals surface area contributed by atoms with E-state index in [0.717, 1.165) is 10.2 Å². The molecule has 0 amide bonds. The van der Waals surface area contributed by atoms with Crippen molar-refractivity contribution in [2.75, 3.05) is 20.3 Å². The lowest BCUT2D eigenvalue weighted by molar-refractivity contribution is -0.166. The Morgan fingerprint density at radius 3 is 2.60 bits per heavy atom. The van der Waals surface area contributed by atoms with Gasteiger partial charge in [0.1, 0.15) is 6.61 Å². The van der Waals surface area contributed by atoms with Crippen LogP contribution in [0.3, 0.4) is 0 Å². The van der Waals surface area contributed by atoms with E-state index in [9.17, 15) is 17.6 Å². The largest absolute Gasteiger partial charge is 0.373 e. The summed E-state index contributed by atoms with van der Waals surface area (Å²) >= 11 is 3.25. The molecule has 0 radical (unpaired) electrons. The summed E-state index contributed by atoms with van der Waals surface area (Å²) < 4.78 is 54.7. The molecule has 1 atom stereocenters. The number of nitrogens with one attached hydrogen (secondary N) is 1. The van der Waals surface area contributed by atoms with Gasteiger partial charge in [0.25, 0.3) is 0 Å². The number of hydrogen-bond acceptors (Lipinski definition) is 3. The molecule has 1 N–H and O–H groups in total. The Morgan fingerprint density at radius 1 is 1.40 bits per heavy atom. The van der Waals surface area contributed by atoms with Crippen LogP contribution in [0.15, 0.2) is 22.8 Å². The van der Waals surface area contributed by atoms with E-state index >= 15 is 0 Å². The van der Waals surface area contributed by atoms with Crippen molar-refractivity contribution in [1.29, 1.82) is 0 Å². The number of nitrogens with zero attached hydrogens (tertiary/aromatic N) is 1. The van der Waals surface area contributed by atoms with Gasteiger partial charge in [0.15, 0.2) is 0 Å². The summed E-state index contributed by atoms with van der Waals surface area (Å²) in [7, 11) is 1.64.